The maximum Gasteiger partial charge on any atom is 0.354 e. The zero-order valence-electron chi connectivity index (χ0n) is 29.2. The van der Waals surface area contributed by atoms with Crippen molar-refractivity contribution < 1.29 is 15.0 Å². The standard InChI is InChI=1S/C43H40N6O3/c1-3-4-24-38-44-39(30(2)50)40(42(51)52)48(38)29-31-25-27-32(28-26-31)36-22-14-15-23-37(36)41-45-46-47-49(41)43(33-16-8-5-9-17-33,34-18-10-6-11-19-34)35-20-12-7-13-21-35/h5-23,25-28,30,50H,3-4,24,29H2,1-2H3,(H,51,52). The molecule has 7 rings (SSSR count). The molecule has 0 amide bonds. The van der Waals surface area contributed by atoms with E-state index < -0.39 is 17.6 Å². The molecular weight excluding hydrogens is 649 g/mol. The Labute approximate surface area is 302 Å². The fourth-order valence-electron chi connectivity index (χ4n) is 7.12. The van der Waals surface area contributed by atoms with Crippen molar-refractivity contribution in [2.45, 2.75) is 51.3 Å². The number of hydrogen-bond acceptors (Lipinski definition) is 6. The molecule has 9 nitrogen and oxygen atoms in total. The Morgan fingerprint density at radius 1 is 0.750 bits per heavy atom. The molecule has 0 saturated heterocycles. The summed E-state index contributed by atoms with van der Waals surface area (Å²) in [4.78, 5) is 17.0. The van der Waals surface area contributed by atoms with Crippen LogP contribution in [0, 0.1) is 0 Å². The number of carboxylic acids is 1. The van der Waals surface area contributed by atoms with E-state index in [-0.39, 0.29) is 11.4 Å². The normalized spacial score (nSPS) is 12.1. The van der Waals surface area contributed by atoms with Crippen LogP contribution in [0.25, 0.3) is 22.5 Å². The van der Waals surface area contributed by atoms with Crippen LogP contribution in [0.5, 0.6) is 0 Å². The van der Waals surface area contributed by atoms with Gasteiger partial charge in [0.05, 0.1) is 6.10 Å². The molecular formula is C43H40N6O3. The van der Waals surface area contributed by atoms with Crippen molar-refractivity contribution in [2.24, 2.45) is 0 Å². The lowest BCUT2D eigenvalue weighted by Crippen LogP contribution is -2.39. The predicted octanol–water partition coefficient (Wildman–Crippen LogP) is 8.19. The summed E-state index contributed by atoms with van der Waals surface area (Å²) in [5, 5.41) is 34.2. The van der Waals surface area contributed by atoms with E-state index in [1.54, 1.807) is 11.5 Å². The highest BCUT2D eigenvalue weighted by Gasteiger charge is 2.42. The number of aromatic carboxylic acids is 1. The van der Waals surface area contributed by atoms with Crippen molar-refractivity contribution in [3.05, 3.63) is 179 Å². The third kappa shape index (κ3) is 6.31. The average Bonchev–Trinajstić information content (AvgIpc) is 3.82. The number of carboxylic acid groups (broad SMARTS) is 1. The van der Waals surface area contributed by atoms with Gasteiger partial charge < -0.3 is 14.8 Å². The highest BCUT2D eigenvalue weighted by molar-refractivity contribution is 5.87. The van der Waals surface area contributed by atoms with Crippen LogP contribution in [0.15, 0.2) is 140 Å². The molecule has 52 heavy (non-hydrogen) atoms. The molecule has 1 atom stereocenters. The first-order chi connectivity index (χ1) is 25.4. The van der Waals surface area contributed by atoms with Crippen LogP contribution in [0.2, 0.25) is 0 Å². The second kappa shape index (κ2) is 15.0. The molecule has 5 aromatic carbocycles. The van der Waals surface area contributed by atoms with Crippen molar-refractivity contribution in [1.29, 1.82) is 0 Å². The zero-order valence-corrected chi connectivity index (χ0v) is 29.2. The van der Waals surface area contributed by atoms with Crippen LogP contribution in [0.4, 0.5) is 0 Å². The SMILES string of the molecule is CCCCc1nc(C(C)O)c(C(=O)O)n1Cc1ccc(-c2ccccc2-c2nnnn2C(c2ccccc2)(c2ccccc2)c2ccccc2)cc1. The molecule has 0 aliphatic rings. The number of aliphatic hydroxyl groups excluding tert-OH is 1. The number of hydrogen-bond donors (Lipinski definition) is 2. The van der Waals surface area contributed by atoms with Gasteiger partial charge in [0.2, 0.25) is 0 Å². The minimum atomic E-state index is -1.10. The molecule has 1 unspecified atom stereocenters. The third-order valence-corrected chi connectivity index (χ3v) is 9.56. The molecule has 0 fully saturated rings. The molecule has 2 heterocycles. The fraction of sp³-hybridized carbons (Fsp3) is 0.186. The largest absolute Gasteiger partial charge is 0.477 e. The molecule has 0 bridgehead atoms. The second-order valence-corrected chi connectivity index (χ2v) is 12.9. The second-order valence-electron chi connectivity index (χ2n) is 12.9. The quantitative estimate of drug-likeness (QED) is 0.117. The van der Waals surface area contributed by atoms with E-state index in [2.05, 4.69) is 64.7 Å². The number of benzene rings is 5. The minimum Gasteiger partial charge on any atom is -0.477 e. The lowest BCUT2D eigenvalue weighted by molar-refractivity contribution is 0.0677. The van der Waals surface area contributed by atoms with E-state index in [9.17, 15) is 15.0 Å². The van der Waals surface area contributed by atoms with Crippen LogP contribution in [-0.4, -0.2) is 45.9 Å². The van der Waals surface area contributed by atoms with E-state index in [4.69, 9.17) is 5.21 Å². The molecule has 0 radical (unpaired) electrons. The summed E-state index contributed by atoms with van der Waals surface area (Å²) in [5.74, 6) is 0.161. The summed E-state index contributed by atoms with van der Waals surface area (Å²) in [6, 6.07) is 47.2. The molecule has 0 aliphatic carbocycles. The predicted molar refractivity (Wildman–Crippen MR) is 201 cm³/mol. The van der Waals surface area contributed by atoms with Crippen molar-refractivity contribution in [2.75, 3.05) is 0 Å². The van der Waals surface area contributed by atoms with Gasteiger partial charge in [-0.25, -0.2) is 14.5 Å². The summed E-state index contributed by atoms with van der Waals surface area (Å²) >= 11 is 0. The first-order valence-electron chi connectivity index (χ1n) is 17.6. The number of carbonyl (C=O) groups is 1. The highest BCUT2D eigenvalue weighted by atomic mass is 16.4. The van der Waals surface area contributed by atoms with E-state index in [0.717, 1.165) is 51.8 Å². The van der Waals surface area contributed by atoms with E-state index in [0.29, 0.717) is 24.6 Å². The van der Waals surface area contributed by atoms with Gasteiger partial charge in [0.1, 0.15) is 17.1 Å². The summed E-state index contributed by atoms with van der Waals surface area (Å²) < 4.78 is 3.66. The molecule has 0 aliphatic heterocycles. The summed E-state index contributed by atoms with van der Waals surface area (Å²) in [5.41, 5.74) is 6.05. The number of unbranched alkanes of at least 4 members (excludes halogenated alkanes) is 1. The maximum absolute atomic E-state index is 12.4. The molecule has 2 aromatic heterocycles. The number of aryl methyl sites for hydroxylation is 1. The lowest BCUT2D eigenvalue weighted by atomic mass is 9.77. The van der Waals surface area contributed by atoms with Crippen LogP contribution < -0.4 is 0 Å². The maximum atomic E-state index is 12.4. The summed E-state index contributed by atoms with van der Waals surface area (Å²) in [7, 11) is 0. The van der Waals surface area contributed by atoms with Crippen LogP contribution in [0.3, 0.4) is 0 Å². The molecule has 9 heteroatoms. The van der Waals surface area contributed by atoms with Gasteiger partial charge in [0.15, 0.2) is 11.5 Å². The van der Waals surface area contributed by atoms with Gasteiger partial charge >= 0.3 is 5.97 Å². The number of tetrazole rings is 1. The monoisotopic (exact) mass is 688 g/mol. The third-order valence-electron chi connectivity index (χ3n) is 9.56. The zero-order chi connectivity index (χ0) is 36.1. The smallest absolute Gasteiger partial charge is 0.354 e. The van der Waals surface area contributed by atoms with Gasteiger partial charge in [-0.3, -0.25) is 0 Å². The van der Waals surface area contributed by atoms with Crippen LogP contribution >= 0.6 is 0 Å². The van der Waals surface area contributed by atoms with E-state index in [1.807, 2.05) is 102 Å². The first-order valence-corrected chi connectivity index (χ1v) is 17.6. The Kier molecular flexibility index (Phi) is 9.86. The number of nitrogens with zero attached hydrogens (tertiary/aromatic N) is 6. The molecule has 0 spiro atoms. The molecule has 7 aromatic rings. The Morgan fingerprint density at radius 2 is 1.29 bits per heavy atom. The van der Waals surface area contributed by atoms with Crippen LogP contribution in [0.1, 0.15) is 77.1 Å². The van der Waals surface area contributed by atoms with Crippen molar-refractivity contribution in [3.63, 3.8) is 0 Å². The van der Waals surface area contributed by atoms with Gasteiger partial charge in [0, 0.05) is 18.5 Å². The van der Waals surface area contributed by atoms with Crippen molar-refractivity contribution in [1.82, 2.24) is 29.8 Å². The van der Waals surface area contributed by atoms with Crippen molar-refractivity contribution >= 4 is 5.97 Å². The minimum absolute atomic E-state index is 0.0288. The van der Waals surface area contributed by atoms with Gasteiger partial charge in [-0.15, -0.1) is 5.10 Å². The molecule has 2 N–H and O–H groups in total. The van der Waals surface area contributed by atoms with Gasteiger partial charge in [-0.1, -0.05) is 153 Å². The average molecular weight is 689 g/mol. The fourth-order valence-corrected chi connectivity index (χ4v) is 7.12. The Morgan fingerprint density at radius 3 is 1.81 bits per heavy atom. The first kappa shape index (κ1) is 34.3. The molecule has 260 valence electrons. The number of imidazole rings is 1. The van der Waals surface area contributed by atoms with E-state index >= 15 is 0 Å². The summed E-state index contributed by atoms with van der Waals surface area (Å²) in [6.07, 6.45) is 1.44. The van der Waals surface area contributed by atoms with Gasteiger partial charge in [0.25, 0.3) is 0 Å². The molecule has 0 saturated carbocycles. The van der Waals surface area contributed by atoms with Crippen LogP contribution in [-0.2, 0) is 18.5 Å². The number of aliphatic hydroxyl groups is 1. The topological polar surface area (TPSA) is 119 Å². The number of rotatable bonds is 13. The van der Waals surface area contributed by atoms with Gasteiger partial charge in [-0.2, -0.15) is 0 Å². The number of aromatic nitrogens is 6. The lowest BCUT2D eigenvalue weighted by Gasteiger charge is -2.36. The van der Waals surface area contributed by atoms with Gasteiger partial charge in [-0.05, 0) is 57.2 Å². The Balaban J connectivity index is 1.33. The Hall–Kier alpha value is -6.19. The van der Waals surface area contributed by atoms with E-state index in [1.165, 1.54) is 0 Å². The Bertz CT molecular complexity index is 2170. The highest BCUT2D eigenvalue weighted by Crippen LogP contribution is 2.43. The van der Waals surface area contributed by atoms with Crippen molar-refractivity contribution in [3.8, 4) is 22.5 Å². The summed E-state index contributed by atoms with van der Waals surface area (Å²) in [6.45, 7) is 3.95.